The number of carbonyl (C=O) groups is 2. The van der Waals surface area contributed by atoms with E-state index in [1.807, 2.05) is 36.1 Å². The maximum absolute atomic E-state index is 13.0. The van der Waals surface area contributed by atoms with E-state index in [1.54, 1.807) is 0 Å². The molecule has 2 amide bonds. The first-order valence-corrected chi connectivity index (χ1v) is 10.3. The van der Waals surface area contributed by atoms with Gasteiger partial charge in [0.25, 0.3) is 0 Å². The van der Waals surface area contributed by atoms with Crippen molar-refractivity contribution in [3.63, 3.8) is 0 Å². The van der Waals surface area contributed by atoms with E-state index in [2.05, 4.69) is 5.32 Å². The van der Waals surface area contributed by atoms with Gasteiger partial charge in [0.05, 0.1) is 11.0 Å². The van der Waals surface area contributed by atoms with Crippen molar-refractivity contribution in [2.75, 3.05) is 6.54 Å². The highest BCUT2D eigenvalue weighted by Crippen LogP contribution is 2.61. The predicted molar refractivity (Wildman–Crippen MR) is 101 cm³/mol. The second kappa shape index (κ2) is 5.63. The first-order chi connectivity index (χ1) is 12.8. The summed E-state index contributed by atoms with van der Waals surface area (Å²) in [6, 6.07) is 7.81. The Balaban J connectivity index is 1.43. The van der Waals surface area contributed by atoms with Crippen LogP contribution >= 0.6 is 11.6 Å². The average molecular weight is 389 g/mol. The van der Waals surface area contributed by atoms with Gasteiger partial charge in [0.15, 0.2) is 0 Å². The zero-order chi connectivity index (χ0) is 19.0. The Morgan fingerprint density at radius 3 is 2.59 bits per heavy atom. The van der Waals surface area contributed by atoms with Crippen LogP contribution in [0.3, 0.4) is 0 Å². The van der Waals surface area contributed by atoms with Gasteiger partial charge in [0.2, 0.25) is 0 Å². The topological polar surface area (TPSA) is 69.6 Å². The number of nitrogens with one attached hydrogen (secondary N) is 1. The van der Waals surface area contributed by atoms with E-state index in [0.717, 1.165) is 37.7 Å². The number of carbonyl (C=O) groups excluding carboxylic acids is 1. The second-order valence-electron chi connectivity index (χ2n) is 9.45. The largest absolute Gasteiger partial charge is 0.481 e. The predicted octanol–water partition coefficient (Wildman–Crippen LogP) is 3.86. The zero-order valence-electron chi connectivity index (χ0n) is 15.5. The highest BCUT2D eigenvalue weighted by molar-refractivity contribution is 6.30. The second-order valence-corrected chi connectivity index (χ2v) is 9.88. The van der Waals surface area contributed by atoms with Crippen molar-refractivity contribution < 1.29 is 14.7 Å². The van der Waals surface area contributed by atoms with E-state index in [9.17, 15) is 14.7 Å². The zero-order valence-corrected chi connectivity index (χ0v) is 16.2. The third-order valence-corrected chi connectivity index (χ3v) is 7.86. The average Bonchev–Trinajstić information content (AvgIpc) is 2.90. The number of hydrogen-bond acceptors (Lipinski definition) is 2. The number of aliphatic carboxylic acids is 1. The molecule has 5 nitrogen and oxygen atoms in total. The lowest BCUT2D eigenvalue weighted by Crippen LogP contribution is -2.61. The Kier molecular flexibility index (Phi) is 3.62. The molecule has 2 N–H and O–H groups in total. The third-order valence-electron chi connectivity index (χ3n) is 7.63. The lowest BCUT2D eigenvalue weighted by molar-refractivity contribution is -0.170. The number of amides is 2. The smallest absolute Gasteiger partial charge is 0.318 e. The molecule has 1 aromatic rings. The number of hydrogen-bond donors (Lipinski definition) is 2. The van der Waals surface area contributed by atoms with E-state index < -0.39 is 16.9 Å². The van der Waals surface area contributed by atoms with Crippen LogP contribution in [0.15, 0.2) is 24.3 Å². The van der Waals surface area contributed by atoms with Gasteiger partial charge in [0.1, 0.15) is 0 Å². The number of urea groups is 1. The summed E-state index contributed by atoms with van der Waals surface area (Å²) in [5, 5.41) is 13.7. The van der Waals surface area contributed by atoms with E-state index >= 15 is 0 Å². The molecule has 1 heterocycles. The third kappa shape index (κ3) is 2.50. The van der Waals surface area contributed by atoms with Gasteiger partial charge in [-0.05, 0) is 74.5 Å². The molecule has 4 bridgehead atoms. The van der Waals surface area contributed by atoms with Crippen LogP contribution in [0.5, 0.6) is 0 Å². The van der Waals surface area contributed by atoms with E-state index in [4.69, 9.17) is 11.6 Å². The lowest BCUT2D eigenvalue weighted by atomic mass is 9.47. The molecule has 27 heavy (non-hydrogen) atoms. The van der Waals surface area contributed by atoms with Crippen LogP contribution in [0.2, 0.25) is 5.02 Å². The molecule has 3 atom stereocenters. The van der Waals surface area contributed by atoms with Gasteiger partial charge in [-0.25, -0.2) is 4.79 Å². The summed E-state index contributed by atoms with van der Waals surface area (Å²) in [6.07, 6.45) is 4.39. The molecule has 144 valence electrons. The molecule has 5 aliphatic rings. The molecular weight excluding hydrogens is 364 g/mol. The highest BCUT2D eigenvalue weighted by Gasteiger charge is 2.61. The monoisotopic (exact) mass is 388 g/mol. The Bertz CT molecular complexity index is 811. The molecule has 6 heteroatoms. The van der Waals surface area contributed by atoms with Crippen LogP contribution in [0.1, 0.15) is 44.6 Å². The maximum Gasteiger partial charge on any atom is 0.318 e. The quantitative estimate of drug-likeness (QED) is 0.826. The van der Waals surface area contributed by atoms with Gasteiger partial charge in [-0.3, -0.25) is 4.79 Å². The number of nitrogens with zero attached hydrogens (tertiary/aromatic N) is 1. The summed E-state index contributed by atoms with van der Waals surface area (Å²) in [4.78, 5) is 26.9. The normalized spacial score (nSPS) is 42.4. The molecule has 1 aliphatic heterocycles. The molecule has 4 aliphatic carbocycles. The molecule has 4 saturated carbocycles. The van der Waals surface area contributed by atoms with Gasteiger partial charge in [-0.1, -0.05) is 23.7 Å². The van der Waals surface area contributed by atoms with Crippen molar-refractivity contribution in [1.29, 1.82) is 0 Å². The van der Waals surface area contributed by atoms with E-state index in [0.29, 0.717) is 29.3 Å². The Labute approximate surface area is 164 Å². The molecule has 3 unspecified atom stereocenters. The van der Waals surface area contributed by atoms with Crippen LogP contribution in [-0.2, 0) is 10.3 Å². The Morgan fingerprint density at radius 2 is 1.96 bits per heavy atom. The van der Waals surface area contributed by atoms with Gasteiger partial charge in [0, 0.05) is 17.6 Å². The fraction of sp³-hybridized carbons (Fsp3) is 0.619. The van der Waals surface area contributed by atoms with Crippen LogP contribution in [0.4, 0.5) is 4.79 Å². The van der Waals surface area contributed by atoms with Crippen LogP contribution in [-0.4, -0.2) is 34.6 Å². The molecule has 6 rings (SSSR count). The Hall–Kier alpha value is -1.75. The molecular formula is C21H25ClN2O3. The Morgan fingerprint density at radius 1 is 1.26 bits per heavy atom. The van der Waals surface area contributed by atoms with Gasteiger partial charge < -0.3 is 15.3 Å². The number of carboxylic acid groups (broad SMARTS) is 1. The first-order valence-electron chi connectivity index (χ1n) is 9.88. The van der Waals surface area contributed by atoms with Gasteiger partial charge in [-0.15, -0.1) is 0 Å². The van der Waals surface area contributed by atoms with Crippen LogP contribution < -0.4 is 5.32 Å². The summed E-state index contributed by atoms with van der Waals surface area (Å²) in [7, 11) is 0. The molecule has 1 saturated heterocycles. The SMILES string of the molecule is CC1(c2cccc(Cl)c2)CN(C2C3CC4CC2CC(C(=O)O)(C4)C3)C(=O)N1. The first kappa shape index (κ1) is 17.4. The van der Waals surface area contributed by atoms with Gasteiger partial charge >= 0.3 is 12.0 Å². The minimum absolute atomic E-state index is 0.0284. The lowest BCUT2D eigenvalue weighted by Gasteiger charge is -2.59. The number of halogens is 1. The van der Waals surface area contributed by atoms with Crippen molar-refractivity contribution in [1.82, 2.24) is 10.2 Å². The van der Waals surface area contributed by atoms with Crippen molar-refractivity contribution in [2.45, 2.75) is 50.6 Å². The van der Waals surface area contributed by atoms with Crippen molar-refractivity contribution in [3.8, 4) is 0 Å². The summed E-state index contributed by atoms with van der Waals surface area (Å²) in [5.41, 5.74) is -0.00249. The van der Waals surface area contributed by atoms with E-state index in [-0.39, 0.29) is 12.1 Å². The van der Waals surface area contributed by atoms with Crippen molar-refractivity contribution in [2.24, 2.45) is 23.2 Å². The molecule has 0 aromatic heterocycles. The van der Waals surface area contributed by atoms with Crippen LogP contribution in [0, 0.1) is 23.2 Å². The number of rotatable bonds is 3. The minimum atomic E-state index is -0.630. The maximum atomic E-state index is 13.0. The molecule has 0 spiro atoms. The standard InChI is InChI=1S/C21H25ClN2O3/c1-20(15-3-2-4-16(22)7-15)11-24(19(27)23-20)17-13-5-12-6-14(17)10-21(8-12,9-13)18(25)26/h2-4,7,12-14,17H,5-6,8-11H2,1H3,(H,23,27)(H,25,26). The summed E-state index contributed by atoms with van der Waals surface area (Å²) in [6.45, 7) is 2.65. The fourth-order valence-electron chi connectivity index (χ4n) is 6.76. The summed E-state index contributed by atoms with van der Waals surface area (Å²) < 4.78 is 0. The molecule has 5 fully saturated rings. The van der Waals surface area contributed by atoms with E-state index in [1.165, 1.54) is 0 Å². The van der Waals surface area contributed by atoms with Crippen molar-refractivity contribution in [3.05, 3.63) is 34.9 Å². The fourth-order valence-corrected chi connectivity index (χ4v) is 6.95. The minimum Gasteiger partial charge on any atom is -0.481 e. The van der Waals surface area contributed by atoms with Crippen LogP contribution in [0.25, 0.3) is 0 Å². The molecule has 1 aromatic carbocycles. The summed E-state index contributed by atoms with van der Waals surface area (Å²) in [5.74, 6) is 0.495. The highest BCUT2D eigenvalue weighted by atomic mass is 35.5. The summed E-state index contributed by atoms with van der Waals surface area (Å²) >= 11 is 6.17. The molecule has 0 radical (unpaired) electrons. The van der Waals surface area contributed by atoms with Crippen molar-refractivity contribution >= 4 is 23.6 Å². The number of carboxylic acids is 1. The number of benzene rings is 1. The van der Waals surface area contributed by atoms with Gasteiger partial charge in [-0.2, -0.15) is 0 Å².